The van der Waals surface area contributed by atoms with E-state index >= 15 is 0 Å². The van der Waals surface area contributed by atoms with E-state index in [2.05, 4.69) is 13.2 Å². The molecule has 2 atom stereocenters. The smallest absolute Gasteiger partial charge is 0.303 e. The Labute approximate surface area is 146 Å². The van der Waals surface area contributed by atoms with E-state index in [1.807, 2.05) is 0 Å². The maximum Gasteiger partial charge on any atom is 0.303 e. The third kappa shape index (κ3) is 18.0. The SMILES string of the molecule is CCCCCCCCCCCC[S+](C)CCC(O)CCC(=O)O. The van der Waals surface area contributed by atoms with E-state index in [1.165, 1.54) is 70.0 Å². The lowest BCUT2D eigenvalue weighted by Gasteiger charge is -2.09. The van der Waals surface area contributed by atoms with Crippen molar-refractivity contribution in [1.29, 1.82) is 0 Å². The molecular weight excluding hydrogens is 308 g/mol. The van der Waals surface area contributed by atoms with Gasteiger partial charge < -0.3 is 10.2 Å². The molecule has 0 heterocycles. The van der Waals surface area contributed by atoms with Gasteiger partial charge in [0.15, 0.2) is 0 Å². The van der Waals surface area contributed by atoms with Crippen molar-refractivity contribution in [3.05, 3.63) is 0 Å². The zero-order valence-electron chi connectivity index (χ0n) is 15.4. The second kappa shape index (κ2) is 16.6. The van der Waals surface area contributed by atoms with Gasteiger partial charge in [0.1, 0.15) is 11.5 Å². The Morgan fingerprint density at radius 2 is 1.39 bits per heavy atom. The van der Waals surface area contributed by atoms with Gasteiger partial charge in [-0.05, 0) is 30.2 Å². The first kappa shape index (κ1) is 22.8. The minimum Gasteiger partial charge on any atom is -0.481 e. The van der Waals surface area contributed by atoms with Crippen LogP contribution in [-0.2, 0) is 15.7 Å². The molecule has 0 fully saturated rings. The first-order valence-electron chi connectivity index (χ1n) is 9.55. The van der Waals surface area contributed by atoms with E-state index < -0.39 is 12.1 Å². The van der Waals surface area contributed by atoms with E-state index in [-0.39, 0.29) is 6.42 Å². The summed E-state index contributed by atoms with van der Waals surface area (Å²) in [6.07, 6.45) is 16.8. The fourth-order valence-electron chi connectivity index (χ4n) is 2.71. The molecule has 0 amide bonds. The van der Waals surface area contributed by atoms with Crippen LogP contribution < -0.4 is 0 Å². The monoisotopic (exact) mass is 347 g/mol. The number of aliphatic hydroxyl groups excluding tert-OH is 1. The number of hydrogen-bond donors (Lipinski definition) is 2. The van der Waals surface area contributed by atoms with Crippen molar-refractivity contribution < 1.29 is 15.0 Å². The van der Waals surface area contributed by atoms with Gasteiger partial charge in [-0.25, -0.2) is 0 Å². The quantitative estimate of drug-likeness (QED) is 0.294. The van der Waals surface area contributed by atoms with Crippen molar-refractivity contribution in [3.63, 3.8) is 0 Å². The van der Waals surface area contributed by atoms with Crippen molar-refractivity contribution in [2.24, 2.45) is 0 Å². The normalized spacial score (nSPS) is 13.9. The summed E-state index contributed by atoms with van der Waals surface area (Å²) in [5.74, 6) is 1.49. The third-order valence-corrected chi connectivity index (χ3v) is 6.26. The maximum absolute atomic E-state index is 10.4. The molecule has 0 aliphatic rings. The van der Waals surface area contributed by atoms with E-state index in [0.717, 1.165) is 12.2 Å². The van der Waals surface area contributed by atoms with Gasteiger partial charge in [-0.1, -0.05) is 58.3 Å². The molecule has 0 aliphatic heterocycles. The molecule has 0 aromatic heterocycles. The lowest BCUT2D eigenvalue weighted by molar-refractivity contribution is -0.137. The fourth-order valence-corrected chi connectivity index (χ4v) is 4.29. The first-order chi connectivity index (χ1) is 11.1. The standard InChI is InChI=1S/C19H38O3S/c1-3-4-5-6-7-8-9-10-11-12-16-23(2)17-15-18(20)13-14-19(21)22/h18,20H,3-17H2,1-2H3/p+1. The second-order valence-corrected chi connectivity index (χ2v) is 9.13. The van der Waals surface area contributed by atoms with Crippen LogP contribution in [0.1, 0.15) is 90.4 Å². The highest BCUT2D eigenvalue weighted by Gasteiger charge is 2.14. The maximum atomic E-state index is 10.4. The highest BCUT2D eigenvalue weighted by molar-refractivity contribution is 7.96. The summed E-state index contributed by atoms with van der Waals surface area (Å²) < 4.78 is 0. The van der Waals surface area contributed by atoms with Crippen LogP contribution in [-0.4, -0.2) is 40.0 Å². The zero-order valence-corrected chi connectivity index (χ0v) is 16.2. The number of carboxylic acids is 1. The molecule has 0 bridgehead atoms. The predicted octanol–water partition coefficient (Wildman–Crippen LogP) is 4.77. The second-order valence-electron chi connectivity index (χ2n) is 6.75. The van der Waals surface area contributed by atoms with E-state index in [4.69, 9.17) is 5.11 Å². The van der Waals surface area contributed by atoms with Crippen LogP contribution in [0.25, 0.3) is 0 Å². The van der Waals surface area contributed by atoms with Gasteiger partial charge in [0.2, 0.25) is 0 Å². The van der Waals surface area contributed by atoms with Crippen molar-refractivity contribution >= 4 is 16.9 Å². The van der Waals surface area contributed by atoms with Crippen molar-refractivity contribution in [1.82, 2.24) is 0 Å². The van der Waals surface area contributed by atoms with Crippen LogP contribution in [0.2, 0.25) is 0 Å². The molecule has 4 heteroatoms. The topological polar surface area (TPSA) is 57.5 Å². The predicted molar refractivity (Wildman–Crippen MR) is 102 cm³/mol. The Morgan fingerprint density at radius 3 is 1.91 bits per heavy atom. The summed E-state index contributed by atoms with van der Waals surface area (Å²) >= 11 is 0. The molecule has 138 valence electrons. The van der Waals surface area contributed by atoms with Gasteiger partial charge in [-0.3, -0.25) is 4.79 Å². The third-order valence-electron chi connectivity index (χ3n) is 4.34. The minimum absolute atomic E-state index is 0.0805. The summed E-state index contributed by atoms with van der Waals surface area (Å²) in [5, 5.41) is 18.3. The Balaban J connectivity index is 3.30. The summed E-state index contributed by atoms with van der Waals surface area (Å²) in [4.78, 5) is 10.4. The zero-order chi connectivity index (χ0) is 17.3. The van der Waals surface area contributed by atoms with Gasteiger partial charge in [0.05, 0.1) is 12.4 Å². The van der Waals surface area contributed by atoms with Gasteiger partial charge >= 0.3 is 5.97 Å². The van der Waals surface area contributed by atoms with Crippen molar-refractivity contribution in [3.8, 4) is 0 Å². The molecule has 0 aromatic rings. The summed E-state index contributed by atoms with van der Waals surface area (Å²) in [5.41, 5.74) is 0. The molecule has 0 saturated carbocycles. The van der Waals surface area contributed by atoms with E-state index in [0.29, 0.717) is 17.3 Å². The Bertz CT molecular complexity index is 271. The number of unbranched alkanes of at least 4 members (excludes halogenated alkanes) is 9. The molecule has 2 N–H and O–H groups in total. The van der Waals surface area contributed by atoms with Gasteiger partial charge in [0.25, 0.3) is 0 Å². The Hall–Kier alpha value is -0.220. The number of aliphatic carboxylic acids is 1. The van der Waals surface area contributed by atoms with Gasteiger partial charge in [-0.2, -0.15) is 0 Å². The van der Waals surface area contributed by atoms with Gasteiger partial charge in [0, 0.05) is 12.8 Å². The molecule has 3 nitrogen and oxygen atoms in total. The first-order valence-corrected chi connectivity index (χ1v) is 11.5. The summed E-state index contributed by atoms with van der Waals surface area (Å²) in [7, 11) is 0.375. The van der Waals surface area contributed by atoms with Crippen LogP contribution in [0.3, 0.4) is 0 Å². The molecule has 23 heavy (non-hydrogen) atoms. The summed E-state index contributed by atoms with van der Waals surface area (Å²) in [6, 6.07) is 0. The van der Waals surface area contributed by atoms with Crippen LogP contribution in [0.4, 0.5) is 0 Å². The molecule has 0 radical (unpaired) electrons. The largest absolute Gasteiger partial charge is 0.481 e. The highest BCUT2D eigenvalue weighted by atomic mass is 32.2. The molecule has 0 rings (SSSR count). The molecule has 0 aromatic carbocycles. The number of hydrogen-bond acceptors (Lipinski definition) is 2. The fraction of sp³-hybridized carbons (Fsp3) is 0.947. The van der Waals surface area contributed by atoms with E-state index in [9.17, 15) is 9.90 Å². The lowest BCUT2D eigenvalue weighted by Crippen LogP contribution is -2.17. The summed E-state index contributed by atoms with van der Waals surface area (Å²) in [6.45, 7) is 2.26. The van der Waals surface area contributed by atoms with Crippen molar-refractivity contribution in [2.45, 2.75) is 96.5 Å². The average molecular weight is 348 g/mol. The molecule has 0 spiro atoms. The molecular formula is C19H39O3S+. The van der Waals surface area contributed by atoms with Crippen LogP contribution in [0, 0.1) is 0 Å². The van der Waals surface area contributed by atoms with Gasteiger partial charge in [-0.15, -0.1) is 0 Å². The number of carbonyl (C=O) groups is 1. The Kier molecular flexibility index (Phi) is 16.5. The van der Waals surface area contributed by atoms with E-state index in [1.54, 1.807) is 0 Å². The highest BCUT2D eigenvalue weighted by Crippen LogP contribution is 2.12. The lowest BCUT2D eigenvalue weighted by atomic mass is 10.1. The van der Waals surface area contributed by atoms with Crippen LogP contribution in [0.5, 0.6) is 0 Å². The van der Waals surface area contributed by atoms with Crippen LogP contribution in [0.15, 0.2) is 0 Å². The number of aliphatic hydroxyl groups is 1. The van der Waals surface area contributed by atoms with Crippen LogP contribution >= 0.6 is 0 Å². The minimum atomic E-state index is -0.815. The average Bonchev–Trinajstić information content (AvgIpc) is 2.52. The Morgan fingerprint density at radius 1 is 0.870 bits per heavy atom. The van der Waals surface area contributed by atoms with Crippen molar-refractivity contribution in [2.75, 3.05) is 17.8 Å². The number of rotatable bonds is 17. The molecule has 2 unspecified atom stereocenters. The molecule has 0 aliphatic carbocycles. The molecule has 0 saturated heterocycles. The number of carboxylic acid groups (broad SMARTS) is 1.